The van der Waals surface area contributed by atoms with Crippen molar-refractivity contribution in [2.24, 2.45) is 5.73 Å². The maximum absolute atomic E-state index is 6.31. The minimum absolute atomic E-state index is 0.501. The van der Waals surface area contributed by atoms with E-state index in [0.717, 1.165) is 45.7 Å². The van der Waals surface area contributed by atoms with E-state index in [9.17, 15) is 0 Å². The zero-order chi connectivity index (χ0) is 13.2. The molecule has 4 nitrogen and oxygen atoms in total. The normalized spacial score (nSPS) is 11.3. The van der Waals surface area contributed by atoms with E-state index in [0.29, 0.717) is 6.54 Å². The molecular weight excluding hydrogens is 262 g/mol. The summed E-state index contributed by atoms with van der Waals surface area (Å²) in [5.74, 6) is 0. The third-order valence-electron chi connectivity index (χ3n) is 3.21. The number of halogens is 1. The molecule has 98 valence electrons. The predicted octanol–water partition coefficient (Wildman–Crippen LogP) is 3.05. The van der Waals surface area contributed by atoms with Gasteiger partial charge in [0.2, 0.25) is 0 Å². The van der Waals surface area contributed by atoms with Crippen molar-refractivity contribution in [2.75, 3.05) is 0 Å². The summed E-state index contributed by atoms with van der Waals surface area (Å²) in [4.78, 5) is 3.29. The second-order valence-corrected chi connectivity index (χ2v) is 4.93. The highest BCUT2D eigenvalue weighted by molar-refractivity contribution is 6.32. The highest BCUT2D eigenvalue weighted by Crippen LogP contribution is 2.25. The zero-order valence-electron chi connectivity index (χ0n) is 10.3. The lowest BCUT2D eigenvalue weighted by Gasteiger charge is -2.03. The molecule has 5 heteroatoms. The van der Waals surface area contributed by atoms with Crippen molar-refractivity contribution >= 4 is 22.5 Å². The van der Waals surface area contributed by atoms with E-state index in [1.807, 2.05) is 18.2 Å². The van der Waals surface area contributed by atoms with Gasteiger partial charge in [-0.3, -0.25) is 0 Å². The Kier molecular flexibility index (Phi) is 3.27. The maximum Gasteiger partial charge on any atom is 0.124 e. The molecule has 0 atom stereocenters. The summed E-state index contributed by atoms with van der Waals surface area (Å²) in [5.41, 5.74) is 9.75. The third-order valence-corrected chi connectivity index (χ3v) is 3.56. The molecule has 0 radical (unpaired) electrons. The number of nitrogens with one attached hydrogen (secondary N) is 1. The predicted molar refractivity (Wildman–Crippen MR) is 75.1 cm³/mol. The Balaban J connectivity index is 1.88. The lowest BCUT2D eigenvalue weighted by atomic mass is 10.1. The summed E-state index contributed by atoms with van der Waals surface area (Å²) in [6.07, 6.45) is 3.23. The van der Waals surface area contributed by atoms with Crippen LogP contribution in [-0.4, -0.2) is 10.1 Å². The van der Waals surface area contributed by atoms with Crippen molar-refractivity contribution < 1.29 is 4.52 Å². The highest BCUT2D eigenvalue weighted by Gasteiger charge is 2.07. The van der Waals surface area contributed by atoms with Crippen molar-refractivity contribution in [3.63, 3.8) is 0 Å². The Morgan fingerprint density at radius 1 is 1.26 bits per heavy atom. The molecule has 3 aromatic rings. The van der Waals surface area contributed by atoms with Crippen LogP contribution in [0.5, 0.6) is 0 Å². The summed E-state index contributed by atoms with van der Waals surface area (Å²) in [6.45, 7) is 0.501. The molecule has 19 heavy (non-hydrogen) atoms. The molecule has 3 rings (SSSR count). The number of hydrogen-bond acceptors (Lipinski definition) is 3. The van der Waals surface area contributed by atoms with Crippen LogP contribution in [0.25, 0.3) is 10.9 Å². The van der Waals surface area contributed by atoms with Gasteiger partial charge in [0.1, 0.15) is 6.26 Å². The first-order valence-corrected chi connectivity index (χ1v) is 6.53. The van der Waals surface area contributed by atoms with Crippen LogP contribution in [-0.2, 0) is 19.4 Å². The van der Waals surface area contributed by atoms with Gasteiger partial charge in [0.05, 0.1) is 5.69 Å². The van der Waals surface area contributed by atoms with Crippen molar-refractivity contribution in [2.45, 2.75) is 19.4 Å². The average Bonchev–Trinajstić information content (AvgIpc) is 3.04. The van der Waals surface area contributed by atoms with Crippen LogP contribution in [0.4, 0.5) is 0 Å². The van der Waals surface area contributed by atoms with Crippen molar-refractivity contribution in [3.8, 4) is 0 Å². The molecule has 0 aliphatic rings. The number of aryl methyl sites for hydroxylation is 2. The lowest BCUT2D eigenvalue weighted by Crippen LogP contribution is -1.95. The number of aromatic amines is 1. The molecule has 0 unspecified atom stereocenters. The van der Waals surface area contributed by atoms with E-state index >= 15 is 0 Å². The summed E-state index contributed by atoms with van der Waals surface area (Å²) >= 11 is 6.31. The molecular formula is C14H14ClN3O. The number of rotatable bonds is 4. The maximum atomic E-state index is 6.31. The van der Waals surface area contributed by atoms with Gasteiger partial charge in [-0.2, -0.15) is 0 Å². The summed E-state index contributed by atoms with van der Waals surface area (Å²) in [6, 6.07) is 7.96. The molecule has 0 aliphatic heterocycles. The Labute approximate surface area is 115 Å². The average molecular weight is 276 g/mol. The number of benzene rings is 1. The van der Waals surface area contributed by atoms with E-state index in [1.54, 1.807) is 6.26 Å². The lowest BCUT2D eigenvalue weighted by molar-refractivity contribution is 0.411. The smallest absolute Gasteiger partial charge is 0.124 e. The molecule has 0 aliphatic carbocycles. The van der Waals surface area contributed by atoms with Crippen LogP contribution < -0.4 is 5.73 Å². The molecule has 3 N–H and O–H groups in total. The molecule has 0 amide bonds. The Morgan fingerprint density at radius 2 is 2.16 bits per heavy atom. The van der Waals surface area contributed by atoms with E-state index in [4.69, 9.17) is 21.9 Å². The van der Waals surface area contributed by atoms with Crippen LogP contribution >= 0.6 is 11.6 Å². The van der Waals surface area contributed by atoms with Crippen LogP contribution in [0.15, 0.2) is 35.1 Å². The summed E-state index contributed by atoms with van der Waals surface area (Å²) in [5, 5.41) is 5.77. The monoisotopic (exact) mass is 275 g/mol. The van der Waals surface area contributed by atoms with Crippen molar-refractivity contribution in [1.82, 2.24) is 10.1 Å². The summed E-state index contributed by atoms with van der Waals surface area (Å²) < 4.78 is 4.82. The highest BCUT2D eigenvalue weighted by atomic mass is 35.5. The van der Waals surface area contributed by atoms with E-state index < -0.39 is 0 Å². The van der Waals surface area contributed by atoms with Gasteiger partial charge in [-0.1, -0.05) is 16.8 Å². The fourth-order valence-electron chi connectivity index (χ4n) is 2.19. The number of H-pyrrole nitrogens is 1. The molecule has 2 heterocycles. The van der Waals surface area contributed by atoms with Gasteiger partial charge in [-0.15, -0.1) is 0 Å². The fourth-order valence-corrected chi connectivity index (χ4v) is 2.46. The van der Waals surface area contributed by atoms with Crippen LogP contribution in [0, 0.1) is 0 Å². The van der Waals surface area contributed by atoms with Gasteiger partial charge in [-0.05, 0) is 36.6 Å². The van der Waals surface area contributed by atoms with Gasteiger partial charge in [0.15, 0.2) is 0 Å². The number of aromatic nitrogens is 2. The zero-order valence-corrected chi connectivity index (χ0v) is 11.1. The topological polar surface area (TPSA) is 67.8 Å². The first-order chi connectivity index (χ1) is 9.26. The first-order valence-electron chi connectivity index (χ1n) is 6.15. The van der Waals surface area contributed by atoms with Gasteiger partial charge in [0.25, 0.3) is 0 Å². The van der Waals surface area contributed by atoms with Gasteiger partial charge in [-0.25, -0.2) is 0 Å². The molecule has 0 fully saturated rings. The Morgan fingerprint density at radius 3 is 2.89 bits per heavy atom. The second kappa shape index (κ2) is 5.07. The molecule has 1 aromatic carbocycles. The first kappa shape index (κ1) is 12.3. The fraction of sp³-hybridized carbons (Fsp3) is 0.214. The van der Waals surface area contributed by atoms with E-state index in [-0.39, 0.29) is 0 Å². The molecule has 2 aromatic heterocycles. The number of nitrogens with two attached hydrogens (primary N) is 1. The minimum Gasteiger partial charge on any atom is -0.365 e. The van der Waals surface area contributed by atoms with Crippen molar-refractivity contribution in [3.05, 3.63) is 52.5 Å². The third kappa shape index (κ3) is 2.50. The minimum atomic E-state index is 0.501. The summed E-state index contributed by atoms with van der Waals surface area (Å²) in [7, 11) is 0. The van der Waals surface area contributed by atoms with Gasteiger partial charge < -0.3 is 15.2 Å². The second-order valence-electron chi connectivity index (χ2n) is 4.52. The molecule has 0 saturated heterocycles. The number of nitrogens with zero attached hydrogens (tertiary/aromatic N) is 1. The Hall–Kier alpha value is -1.78. The quantitative estimate of drug-likeness (QED) is 0.769. The largest absolute Gasteiger partial charge is 0.365 e. The van der Waals surface area contributed by atoms with Crippen LogP contribution in [0.2, 0.25) is 5.02 Å². The van der Waals surface area contributed by atoms with Crippen LogP contribution in [0.3, 0.4) is 0 Å². The van der Waals surface area contributed by atoms with Gasteiger partial charge in [0, 0.05) is 34.2 Å². The van der Waals surface area contributed by atoms with Crippen molar-refractivity contribution in [1.29, 1.82) is 0 Å². The Bertz CT molecular complexity index is 688. The standard InChI is InChI=1S/C14H14ClN3O/c15-13-6-10-5-12(8-16)17-14(10)7-9(13)1-2-11-3-4-19-18-11/h3-7,17H,1-2,8,16H2. The SMILES string of the molecule is NCc1cc2cc(Cl)c(CCc3ccon3)cc2[nH]1. The molecule has 0 saturated carbocycles. The van der Waals surface area contributed by atoms with Gasteiger partial charge >= 0.3 is 0 Å². The van der Waals surface area contributed by atoms with Crippen LogP contribution in [0.1, 0.15) is 17.0 Å². The number of fused-ring (bicyclic) bond motifs is 1. The van der Waals surface area contributed by atoms with E-state index in [1.165, 1.54) is 0 Å². The molecule has 0 bridgehead atoms. The van der Waals surface area contributed by atoms with E-state index in [2.05, 4.69) is 16.2 Å². The molecule has 0 spiro atoms. The number of hydrogen-bond donors (Lipinski definition) is 2.